The zero-order chi connectivity index (χ0) is 16.6. The third-order valence-electron chi connectivity index (χ3n) is 4.53. The maximum atomic E-state index is 12.6. The molecule has 2 heterocycles. The number of aryl methyl sites for hydroxylation is 2. The van der Waals surface area contributed by atoms with E-state index in [-0.39, 0.29) is 17.5 Å². The number of rotatable bonds is 3. The number of carbonyl (C=O) groups excluding carboxylic acids is 1. The second-order valence-electron chi connectivity index (χ2n) is 6.19. The highest BCUT2D eigenvalue weighted by Crippen LogP contribution is 2.24. The fraction of sp³-hybridized carbons (Fsp3) is 0.471. The predicted octanol–water partition coefficient (Wildman–Crippen LogP) is 1.33. The van der Waals surface area contributed by atoms with Gasteiger partial charge in [0.05, 0.1) is 12.5 Å². The van der Waals surface area contributed by atoms with Crippen LogP contribution >= 0.6 is 0 Å². The molecule has 1 unspecified atom stereocenters. The van der Waals surface area contributed by atoms with Crippen molar-refractivity contribution in [1.29, 1.82) is 0 Å². The molecular formula is C17H22N4O2. The molecule has 0 bridgehead atoms. The van der Waals surface area contributed by atoms with Crippen molar-refractivity contribution in [2.24, 2.45) is 0 Å². The minimum Gasteiger partial charge on any atom is -0.359 e. The summed E-state index contributed by atoms with van der Waals surface area (Å²) in [6.07, 6.45) is 1.56. The number of nitrogens with one attached hydrogen (secondary N) is 1. The Morgan fingerprint density at radius 2 is 2.17 bits per heavy atom. The first kappa shape index (κ1) is 15.5. The van der Waals surface area contributed by atoms with E-state index in [0.29, 0.717) is 18.9 Å². The van der Waals surface area contributed by atoms with Crippen molar-refractivity contribution < 1.29 is 4.79 Å². The van der Waals surface area contributed by atoms with Crippen molar-refractivity contribution >= 4 is 5.91 Å². The molecule has 2 aromatic rings. The van der Waals surface area contributed by atoms with E-state index in [0.717, 1.165) is 29.5 Å². The van der Waals surface area contributed by atoms with Gasteiger partial charge >= 0.3 is 5.69 Å². The molecule has 6 nitrogen and oxygen atoms in total. The van der Waals surface area contributed by atoms with Gasteiger partial charge in [-0.3, -0.25) is 9.36 Å². The average Bonchev–Trinajstić information content (AvgIpc) is 2.86. The lowest BCUT2D eigenvalue weighted by molar-refractivity contribution is -0.122. The Labute approximate surface area is 135 Å². The largest absolute Gasteiger partial charge is 0.359 e. The van der Waals surface area contributed by atoms with Crippen LogP contribution in [-0.2, 0) is 17.9 Å². The first-order valence-corrected chi connectivity index (χ1v) is 7.96. The number of likely N-dealkylation sites (N-methyl/N-ethyl adjacent to an activating group) is 1. The van der Waals surface area contributed by atoms with Crippen molar-refractivity contribution in [3.8, 4) is 0 Å². The zero-order valence-electron chi connectivity index (χ0n) is 13.8. The first-order chi connectivity index (χ1) is 11.0. The highest BCUT2D eigenvalue weighted by atomic mass is 16.2. The minimum atomic E-state index is -0.332. The van der Waals surface area contributed by atoms with Crippen molar-refractivity contribution in [2.75, 3.05) is 7.05 Å². The number of hydrogen-bond acceptors (Lipinski definition) is 3. The summed E-state index contributed by atoms with van der Waals surface area (Å²) in [6, 6.07) is 6.19. The van der Waals surface area contributed by atoms with E-state index in [1.54, 1.807) is 11.6 Å². The summed E-state index contributed by atoms with van der Waals surface area (Å²) >= 11 is 0. The number of carbonyl (C=O) groups is 1. The average molecular weight is 314 g/mol. The van der Waals surface area contributed by atoms with E-state index in [1.807, 2.05) is 13.8 Å². The summed E-state index contributed by atoms with van der Waals surface area (Å²) in [4.78, 5) is 24.6. The summed E-state index contributed by atoms with van der Waals surface area (Å²) in [7, 11) is 1.62. The number of aromatic nitrogens is 3. The number of nitrogens with zero attached hydrogens (tertiary/aromatic N) is 3. The van der Waals surface area contributed by atoms with E-state index in [4.69, 9.17) is 0 Å². The molecule has 6 heteroatoms. The predicted molar refractivity (Wildman–Crippen MR) is 87.5 cm³/mol. The van der Waals surface area contributed by atoms with Gasteiger partial charge in [0.2, 0.25) is 5.91 Å². The molecule has 122 valence electrons. The summed E-state index contributed by atoms with van der Waals surface area (Å²) in [6.45, 7) is 5.13. The molecule has 1 atom stereocenters. The van der Waals surface area contributed by atoms with Crippen molar-refractivity contribution in [2.45, 2.75) is 45.7 Å². The molecule has 1 aliphatic rings. The van der Waals surface area contributed by atoms with Crippen LogP contribution in [0.5, 0.6) is 0 Å². The van der Waals surface area contributed by atoms with Crippen LogP contribution in [0.3, 0.4) is 0 Å². The van der Waals surface area contributed by atoms with Crippen molar-refractivity contribution in [3.05, 3.63) is 51.2 Å². The van der Waals surface area contributed by atoms with Crippen LogP contribution in [0, 0.1) is 13.8 Å². The molecule has 1 amide bonds. The third-order valence-corrected chi connectivity index (χ3v) is 4.53. The van der Waals surface area contributed by atoms with Gasteiger partial charge in [-0.15, -0.1) is 0 Å². The third kappa shape index (κ3) is 2.81. The van der Waals surface area contributed by atoms with Crippen LogP contribution in [0.2, 0.25) is 0 Å². The Balaban J connectivity index is 1.99. The Morgan fingerprint density at radius 1 is 1.39 bits per heavy atom. The molecule has 1 aromatic carbocycles. The summed E-state index contributed by atoms with van der Waals surface area (Å²) in [5, 5.41) is 7.14. The zero-order valence-corrected chi connectivity index (χ0v) is 13.8. The number of fused-ring (bicyclic) bond motifs is 1. The second kappa shape index (κ2) is 6.02. The molecule has 0 saturated carbocycles. The lowest BCUT2D eigenvalue weighted by Crippen LogP contribution is -2.33. The Hall–Kier alpha value is -2.37. The van der Waals surface area contributed by atoms with Crippen LogP contribution in [-0.4, -0.2) is 27.3 Å². The van der Waals surface area contributed by atoms with Crippen LogP contribution < -0.4 is 11.0 Å². The quantitative estimate of drug-likeness (QED) is 0.929. The number of benzene rings is 1. The van der Waals surface area contributed by atoms with Gasteiger partial charge in [-0.1, -0.05) is 23.8 Å². The maximum absolute atomic E-state index is 12.6. The van der Waals surface area contributed by atoms with E-state index in [2.05, 4.69) is 28.6 Å². The van der Waals surface area contributed by atoms with E-state index >= 15 is 0 Å². The summed E-state index contributed by atoms with van der Waals surface area (Å²) in [5.41, 5.74) is 3.25. The van der Waals surface area contributed by atoms with Gasteiger partial charge in [0.1, 0.15) is 5.82 Å². The molecule has 0 saturated heterocycles. The Kier molecular flexibility index (Phi) is 4.07. The van der Waals surface area contributed by atoms with Gasteiger partial charge in [-0.2, -0.15) is 5.10 Å². The van der Waals surface area contributed by atoms with Gasteiger partial charge < -0.3 is 5.32 Å². The summed E-state index contributed by atoms with van der Waals surface area (Å²) < 4.78 is 3.13. The molecule has 0 radical (unpaired) electrons. The topological polar surface area (TPSA) is 68.9 Å². The highest BCUT2D eigenvalue weighted by Gasteiger charge is 2.30. The Morgan fingerprint density at radius 3 is 2.91 bits per heavy atom. The van der Waals surface area contributed by atoms with Crippen LogP contribution in [0.25, 0.3) is 0 Å². The van der Waals surface area contributed by atoms with E-state index in [9.17, 15) is 9.59 Å². The molecule has 0 fully saturated rings. The molecule has 23 heavy (non-hydrogen) atoms. The molecule has 1 N–H and O–H groups in total. The molecule has 0 spiro atoms. The standard InChI is InChI=1S/C17H22N4O2/c1-11-6-7-12(2)13(9-11)10-21-17(23)20-8-4-5-14(15(20)19-21)16(22)18-3/h6-7,9,14H,4-5,8,10H2,1-3H3,(H,18,22). The van der Waals surface area contributed by atoms with Gasteiger partial charge in [0.15, 0.2) is 0 Å². The van der Waals surface area contributed by atoms with Crippen LogP contribution in [0.1, 0.15) is 41.3 Å². The van der Waals surface area contributed by atoms with E-state index in [1.165, 1.54) is 4.68 Å². The van der Waals surface area contributed by atoms with Gasteiger partial charge in [0, 0.05) is 13.6 Å². The Bertz CT molecular complexity index is 803. The molecule has 3 rings (SSSR count). The first-order valence-electron chi connectivity index (χ1n) is 7.96. The summed E-state index contributed by atoms with van der Waals surface area (Å²) in [5.74, 6) is 0.182. The lowest BCUT2D eigenvalue weighted by Gasteiger charge is -2.20. The molecule has 1 aliphatic heterocycles. The SMILES string of the molecule is CNC(=O)C1CCCn2c1nn(Cc1cc(C)ccc1C)c2=O. The normalized spacial score (nSPS) is 16.9. The van der Waals surface area contributed by atoms with Gasteiger partial charge in [-0.05, 0) is 37.8 Å². The highest BCUT2D eigenvalue weighted by molar-refractivity contribution is 5.82. The minimum absolute atomic E-state index is 0.0742. The van der Waals surface area contributed by atoms with Crippen LogP contribution in [0.15, 0.2) is 23.0 Å². The van der Waals surface area contributed by atoms with Crippen molar-refractivity contribution in [1.82, 2.24) is 19.7 Å². The maximum Gasteiger partial charge on any atom is 0.346 e. The van der Waals surface area contributed by atoms with Crippen LogP contribution in [0.4, 0.5) is 0 Å². The number of hydrogen-bond donors (Lipinski definition) is 1. The van der Waals surface area contributed by atoms with Crippen molar-refractivity contribution in [3.63, 3.8) is 0 Å². The van der Waals surface area contributed by atoms with Gasteiger partial charge in [0.25, 0.3) is 0 Å². The smallest absolute Gasteiger partial charge is 0.346 e. The van der Waals surface area contributed by atoms with Gasteiger partial charge in [-0.25, -0.2) is 9.48 Å². The second-order valence-corrected chi connectivity index (χ2v) is 6.19. The molecule has 1 aromatic heterocycles. The molecular weight excluding hydrogens is 292 g/mol. The lowest BCUT2D eigenvalue weighted by atomic mass is 9.98. The molecule has 0 aliphatic carbocycles. The fourth-order valence-corrected chi connectivity index (χ4v) is 3.17. The monoisotopic (exact) mass is 314 g/mol. The van der Waals surface area contributed by atoms with E-state index < -0.39 is 0 Å². The fourth-order valence-electron chi connectivity index (χ4n) is 3.17. The number of amides is 1.